The van der Waals surface area contributed by atoms with Gasteiger partial charge in [-0.1, -0.05) is 155 Å². The van der Waals surface area contributed by atoms with Gasteiger partial charge in [0.2, 0.25) is 0 Å². The Morgan fingerprint density at radius 1 is 0.439 bits per heavy atom. The van der Waals surface area contributed by atoms with Crippen LogP contribution in [-0.2, 0) is 34.3 Å². The summed E-state index contributed by atoms with van der Waals surface area (Å²) >= 11 is 6.85. The molecule has 204 valence electrons. The van der Waals surface area contributed by atoms with Gasteiger partial charge in [0.15, 0.2) is 0 Å². The van der Waals surface area contributed by atoms with E-state index in [2.05, 4.69) is 155 Å². The first-order valence-corrected chi connectivity index (χ1v) is 15.2. The molecule has 0 amide bonds. The fraction of sp³-hybridized carbons (Fsp3) is 0.250. The van der Waals surface area contributed by atoms with Gasteiger partial charge in [0.1, 0.15) is 0 Å². The first-order chi connectivity index (χ1) is 19.7. The number of hydrogen-bond donors (Lipinski definition) is 0. The number of fused-ring (bicyclic) bond motifs is 2. The van der Waals surface area contributed by atoms with E-state index < -0.39 is 0 Å². The van der Waals surface area contributed by atoms with Crippen LogP contribution in [0.2, 0.25) is 0 Å². The van der Waals surface area contributed by atoms with E-state index in [-0.39, 0.29) is 21.7 Å². The van der Waals surface area contributed by atoms with E-state index in [0.29, 0.717) is 0 Å². The molecule has 0 N–H and O–H groups in total. The lowest BCUT2D eigenvalue weighted by Crippen LogP contribution is -2.32. The maximum absolute atomic E-state index is 6.85. The SMILES string of the molecule is CC1(C)CC(c2ccccc2)(c2ccccc2)c2c1cc1c(c2[S-])C(c2ccccc2)(c2ccccc2)CC1(C)C. The number of rotatable bonds is 4. The molecule has 2 aliphatic carbocycles. The van der Waals surface area contributed by atoms with Crippen molar-refractivity contribution in [2.45, 2.75) is 67.1 Å². The normalized spacial score (nSPS) is 18.9. The molecule has 0 aromatic heterocycles. The van der Waals surface area contributed by atoms with E-state index in [1.54, 1.807) is 0 Å². The average Bonchev–Trinajstić information content (AvgIpc) is 3.41. The molecule has 0 heterocycles. The molecule has 0 spiro atoms. The van der Waals surface area contributed by atoms with Crippen molar-refractivity contribution in [1.29, 1.82) is 0 Å². The van der Waals surface area contributed by atoms with Crippen molar-refractivity contribution < 1.29 is 0 Å². The number of benzene rings is 5. The van der Waals surface area contributed by atoms with Crippen LogP contribution in [0.5, 0.6) is 0 Å². The fourth-order valence-corrected chi connectivity index (χ4v) is 9.04. The van der Waals surface area contributed by atoms with Crippen LogP contribution in [0.1, 0.15) is 85.0 Å². The molecule has 41 heavy (non-hydrogen) atoms. The van der Waals surface area contributed by atoms with Gasteiger partial charge in [-0.15, -0.1) is 0 Å². The molecular formula is C40H37S-. The minimum Gasteiger partial charge on any atom is -0.779 e. The summed E-state index contributed by atoms with van der Waals surface area (Å²) in [4.78, 5) is 1.05. The van der Waals surface area contributed by atoms with Gasteiger partial charge in [0.25, 0.3) is 0 Å². The summed E-state index contributed by atoms with van der Waals surface area (Å²) in [5.74, 6) is 0. The molecule has 0 saturated heterocycles. The van der Waals surface area contributed by atoms with Crippen molar-refractivity contribution in [1.82, 2.24) is 0 Å². The Hall–Kier alpha value is -3.68. The highest BCUT2D eigenvalue weighted by Gasteiger charge is 2.55. The molecule has 5 aromatic rings. The van der Waals surface area contributed by atoms with E-state index >= 15 is 0 Å². The Morgan fingerprint density at radius 3 is 0.976 bits per heavy atom. The predicted octanol–water partition coefficient (Wildman–Crippen LogP) is 9.62. The topological polar surface area (TPSA) is 0 Å². The molecule has 0 saturated carbocycles. The third-order valence-electron chi connectivity index (χ3n) is 10.1. The van der Waals surface area contributed by atoms with E-state index in [0.717, 1.165) is 17.7 Å². The summed E-state index contributed by atoms with van der Waals surface area (Å²) in [6.07, 6.45) is 1.97. The molecule has 2 aliphatic rings. The summed E-state index contributed by atoms with van der Waals surface area (Å²) in [6.45, 7) is 9.68. The first-order valence-electron chi connectivity index (χ1n) is 14.8. The quantitative estimate of drug-likeness (QED) is 0.201. The molecule has 7 rings (SSSR count). The van der Waals surface area contributed by atoms with Crippen LogP contribution < -0.4 is 0 Å². The fourth-order valence-electron chi connectivity index (χ4n) is 8.48. The van der Waals surface area contributed by atoms with Crippen LogP contribution in [0, 0.1) is 0 Å². The van der Waals surface area contributed by atoms with Gasteiger partial charge in [-0.25, -0.2) is 0 Å². The second-order valence-electron chi connectivity index (χ2n) is 13.4. The van der Waals surface area contributed by atoms with Crippen LogP contribution in [0.3, 0.4) is 0 Å². The van der Waals surface area contributed by atoms with Crippen LogP contribution in [0.4, 0.5) is 0 Å². The third-order valence-corrected chi connectivity index (χ3v) is 10.5. The molecule has 0 fully saturated rings. The molecule has 1 heteroatoms. The summed E-state index contributed by atoms with van der Waals surface area (Å²) in [7, 11) is 0. The number of hydrogen-bond acceptors (Lipinski definition) is 1. The van der Waals surface area contributed by atoms with Crippen molar-refractivity contribution in [3.8, 4) is 0 Å². The van der Waals surface area contributed by atoms with Crippen LogP contribution in [0.15, 0.2) is 132 Å². The summed E-state index contributed by atoms with van der Waals surface area (Å²) < 4.78 is 0. The highest BCUT2D eigenvalue weighted by molar-refractivity contribution is 7.59. The molecule has 0 nitrogen and oxygen atoms in total. The van der Waals surface area contributed by atoms with Gasteiger partial charge in [0.05, 0.1) is 0 Å². The Labute approximate surface area is 250 Å². The predicted molar refractivity (Wildman–Crippen MR) is 173 cm³/mol. The monoisotopic (exact) mass is 549 g/mol. The minimum atomic E-state index is -0.320. The molecule has 0 atom stereocenters. The maximum atomic E-state index is 6.85. The van der Waals surface area contributed by atoms with Gasteiger partial charge in [-0.3, -0.25) is 0 Å². The van der Waals surface area contributed by atoms with E-state index in [9.17, 15) is 0 Å². The van der Waals surface area contributed by atoms with Gasteiger partial charge in [0, 0.05) is 10.8 Å². The Bertz CT molecular complexity index is 1510. The summed E-state index contributed by atoms with van der Waals surface area (Å²) in [6, 6.07) is 47.0. The standard InChI is InChI=1S/C40H38S/c1-37(2)26-39(28-17-9-5-10-18-28,29-19-11-6-12-20-29)34-32(37)25-33-35(36(34)41)40(27-38(33,3)4,30-21-13-7-14-22-30)31-23-15-8-16-24-31/h5-25,41H,26-27H2,1-4H3/p-1. The van der Waals surface area contributed by atoms with Crippen molar-refractivity contribution in [2.75, 3.05) is 0 Å². The van der Waals surface area contributed by atoms with E-state index in [1.165, 1.54) is 44.5 Å². The van der Waals surface area contributed by atoms with Gasteiger partial charge >= 0.3 is 0 Å². The van der Waals surface area contributed by atoms with Gasteiger partial charge in [-0.2, -0.15) is 4.90 Å². The van der Waals surface area contributed by atoms with Crippen molar-refractivity contribution >= 4 is 12.6 Å². The molecule has 0 radical (unpaired) electrons. The molecule has 5 aromatic carbocycles. The Morgan fingerprint density at radius 2 is 0.707 bits per heavy atom. The van der Waals surface area contributed by atoms with Crippen molar-refractivity contribution in [3.63, 3.8) is 0 Å². The third kappa shape index (κ3) is 3.65. The van der Waals surface area contributed by atoms with E-state index in [1.807, 2.05) is 0 Å². The van der Waals surface area contributed by atoms with Gasteiger partial charge in [-0.05, 0) is 68.2 Å². The maximum Gasteiger partial charge on any atom is 0.0447 e. The van der Waals surface area contributed by atoms with Crippen LogP contribution in [-0.4, -0.2) is 0 Å². The highest BCUT2D eigenvalue weighted by atomic mass is 32.1. The lowest BCUT2D eigenvalue weighted by Gasteiger charge is -2.41. The Balaban J connectivity index is 1.65. The van der Waals surface area contributed by atoms with Crippen LogP contribution >= 0.6 is 0 Å². The summed E-state index contributed by atoms with van der Waals surface area (Å²) in [5, 5.41) is 0. The lowest BCUT2D eigenvalue weighted by atomic mass is 9.66. The zero-order chi connectivity index (χ0) is 28.5. The zero-order valence-electron chi connectivity index (χ0n) is 24.4. The first kappa shape index (κ1) is 26.2. The van der Waals surface area contributed by atoms with Crippen molar-refractivity contribution in [3.05, 3.63) is 172 Å². The minimum absolute atomic E-state index is 0.0373. The van der Waals surface area contributed by atoms with Gasteiger partial charge < -0.3 is 12.6 Å². The molecule has 0 unspecified atom stereocenters. The molecular weight excluding hydrogens is 513 g/mol. The lowest BCUT2D eigenvalue weighted by molar-refractivity contribution is 0.433. The second-order valence-corrected chi connectivity index (χ2v) is 13.9. The zero-order valence-corrected chi connectivity index (χ0v) is 25.3. The smallest absolute Gasteiger partial charge is 0.0447 e. The second kappa shape index (κ2) is 9.16. The van der Waals surface area contributed by atoms with Crippen molar-refractivity contribution in [2.24, 2.45) is 0 Å². The molecule has 0 bridgehead atoms. The van der Waals surface area contributed by atoms with Crippen LogP contribution in [0.25, 0.3) is 0 Å². The Kier molecular flexibility index (Phi) is 5.86. The average molecular weight is 550 g/mol. The largest absolute Gasteiger partial charge is 0.779 e. The van der Waals surface area contributed by atoms with E-state index in [4.69, 9.17) is 12.6 Å². The molecule has 0 aliphatic heterocycles. The highest BCUT2D eigenvalue weighted by Crippen LogP contribution is 2.64. The summed E-state index contributed by atoms with van der Waals surface area (Å²) in [5.41, 5.74) is 10.1.